The van der Waals surface area contributed by atoms with Crippen LogP contribution in [0.3, 0.4) is 0 Å². The molecule has 0 radical (unpaired) electrons. The normalized spacial score (nSPS) is 21.5. The SMILES string of the molecule is CCCCCC(=O)/C=C/C1C(OC(C)=O)CC(=O)C1CCCCCCC(=O)OC. The molecule has 1 aliphatic rings. The van der Waals surface area contributed by atoms with Gasteiger partial charge in [-0.15, -0.1) is 0 Å². The minimum absolute atomic E-state index is 0.0564. The Kier molecular flexibility index (Phi) is 12.2. The van der Waals surface area contributed by atoms with Crippen molar-refractivity contribution in [1.29, 1.82) is 0 Å². The van der Waals surface area contributed by atoms with E-state index in [-0.39, 0.29) is 35.8 Å². The molecule has 0 aromatic heterocycles. The number of Topliss-reactive ketones (excluding diaryl/α,β-unsaturated/α-hetero) is 1. The van der Waals surface area contributed by atoms with Crippen LogP contribution in [0.5, 0.6) is 0 Å². The summed E-state index contributed by atoms with van der Waals surface area (Å²) in [6.07, 6.45) is 11.1. The lowest BCUT2D eigenvalue weighted by atomic mass is 9.88. The second kappa shape index (κ2) is 14.1. The Balaban J connectivity index is 2.59. The smallest absolute Gasteiger partial charge is 0.305 e. The van der Waals surface area contributed by atoms with E-state index in [1.165, 1.54) is 14.0 Å². The number of unbranched alkanes of at least 4 members (excludes halogenated alkanes) is 5. The topological polar surface area (TPSA) is 86.7 Å². The number of esters is 2. The van der Waals surface area contributed by atoms with Crippen molar-refractivity contribution in [3.8, 4) is 0 Å². The fourth-order valence-corrected chi connectivity index (χ4v) is 3.84. The first-order chi connectivity index (χ1) is 13.9. The highest BCUT2D eigenvalue weighted by molar-refractivity contribution is 5.90. The number of rotatable bonds is 14. The van der Waals surface area contributed by atoms with Crippen LogP contribution in [0.4, 0.5) is 0 Å². The van der Waals surface area contributed by atoms with Crippen molar-refractivity contribution in [2.45, 2.75) is 90.6 Å². The van der Waals surface area contributed by atoms with E-state index in [0.29, 0.717) is 19.3 Å². The molecule has 0 spiro atoms. The van der Waals surface area contributed by atoms with Gasteiger partial charge in [-0.3, -0.25) is 19.2 Å². The summed E-state index contributed by atoms with van der Waals surface area (Å²) in [5.74, 6) is -0.913. The summed E-state index contributed by atoms with van der Waals surface area (Å²) in [5.41, 5.74) is 0. The minimum Gasteiger partial charge on any atom is -0.469 e. The third kappa shape index (κ3) is 9.86. The number of hydrogen-bond acceptors (Lipinski definition) is 6. The highest BCUT2D eigenvalue weighted by Gasteiger charge is 2.42. The predicted molar refractivity (Wildman–Crippen MR) is 110 cm³/mol. The second-order valence-corrected chi connectivity index (χ2v) is 7.81. The minimum atomic E-state index is -0.482. The van der Waals surface area contributed by atoms with E-state index in [4.69, 9.17) is 4.74 Å². The zero-order valence-electron chi connectivity index (χ0n) is 18.1. The molecule has 1 aliphatic carbocycles. The van der Waals surface area contributed by atoms with Gasteiger partial charge in [0.2, 0.25) is 0 Å². The number of carbonyl (C=O) groups excluding carboxylic acids is 4. The number of methoxy groups -OCH3 is 1. The van der Waals surface area contributed by atoms with E-state index in [1.807, 2.05) is 0 Å². The Labute approximate surface area is 174 Å². The molecule has 0 bridgehead atoms. The first-order valence-corrected chi connectivity index (χ1v) is 10.9. The summed E-state index contributed by atoms with van der Waals surface area (Å²) in [4.78, 5) is 47.1. The molecule has 3 unspecified atom stereocenters. The summed E-state index contributed by atoms with van der Waals surface area (Å²) in [7, 11) is 1.38. The van der Waals surface area contributed by atoms with Crippen molar-refractivity contribution in [2.75, 3.05) is 7.11 Å². The molecule has 0 aromatic rings. The highest BCUT2D eigenvalue weighted by Crippen LogP contribution is 2.36. The number of ether oxygens (including phenoxy) is 2. The Bertz CT molecular complexity index is 580. The molecule has 0 aromatic carbocycles. The summed E-state index contributed by atoms with van der Waals surface area (Å²) in [6.45, 7) is 3.43. The van der Waals surface area contributed by atoms with Gasteiger partial charge in [-0.2, -0.15) is 0 Å². The quantitative estimate of drug-likeness (QED) is 0.241. The van der Waals surface area contributed by atoms with Crippen molar-refractivity contribution in [3.63, 3.8) is 0 Å². The van der Waals surface area contributed by atoms with Crippen LogP contribution in [0.25, 0.3) is 0 Å². The van der Waals surface area contributed by atoms with Gasteiger partial charge in [-0.1, -0.05) is 45.1 Å². The number of allylic oxidation sites excluding steroid dienone is 1. The largest absolute Gasteiger partial charge is 0.469 e. The van der Waals surface area contributed by atoms with E-state index < -0.39 is 12.1 Å². The van der Waals surface area contributed by atoms with Crippen LogP contribution in [0.2, 0.25) is 0 Å². The van der Waals surface area contributed by atoms with Crippen LogP contribution in [-0.2, 0) is 28.7 Å². The third-order valence-corrected chi connectivity index (χ3v) is 5.43. The molecule has 1 rings (SSSR count). The van der Waals surface area contributed by atoms with Crippen LogP contribution in [0.1, 0.15) is 84.5 Å². The Morgan fingerprint density at radius 3 is 2.38 bits per heavy atom. The lowest BCUT2D eigenvalue weighted by Crippen LogP contribution is -2.23. The zero-order valence-corrected chi connectivity index (χ0v) is 18.1. The first-order valence-electron chi connectivity index (χ1n) is 10.9. The second-order valence-electron chi connectivity index (χ2n) is 7.81. The number of hydrogen-bond donors (Lipinski definition) is 0. The van der Waals surface area contributed by atoms with Crippen LogP contribution in [0, 0.1) is 11.8 Å². The van der Waals surface area contributed by atoms with Gasteiger partial charge in [0.25, 0.3) is 0 Å². The maximum absolute atomic E-state index is 12.5. The van der Waals surface area contributed by atoms with E-state index >= 15 is 0 Å². The van der Waals surface area contributed by atoms with Gasteiger partial charge in [-0.05, 0) is 25.3 Å². The molecule has 0 N–H and O–H groups in total. The van der Waals surface area contributed by atoms with Crippen LogP contribution in [-0.4, -0.2) is 36.7 Å². The van der Waals surface area contributed by atoms with E-state index in [2.05, 4.69) is 11.7 Å². The molecule has 29 heavy (non-hydrogen) atoms. The molecule has 6 heteroatoms. The Morgan fingerprint density at radius 1 is 1.03 bits per heavy atom. The van der Waals surface area contributed by atoms with Crippen LogP contribution in [0.15, 0.2) is 12.2 Å². The molecule has 3 atom stereocenters. The van der Waals surface area contributed by atoms with Gasteiger partial charge in [0.15, 0.2) is 5.78 Å². The summed E-state index contributed by atoms with van der Waals surface area (Å²) < 4.78 is 9.99. The summed E-state index contributed by atoms with van der Waals surface area (Å²) in [5, 5.41) is 0. The van der Waals surface area contributed by atoms with Gasteiger partial charge in [-0.25, -0.2) is 0 Å². The molecular weight excluding hydrogens is 372 g/mol. The van der Waals surface area contributed by atoms with Gasteiger partial charge < -0.3 is 9.47 Å². The predicted octanol–water partition coefficient (Wildman–Crippen LogP) is 4.34. The van der Waals surface area contributed by atoms with E-state index in [1.54, 1.807) is 12.2 Å². The maximum atomic E-state index is 12.5. The van der Waals surface area contributed by atoms with Gasteiger partial charge >= 0.3 is 11.9 Å². The summed E-state index contributed by atoms with van der Waals surface area (Å²) in [6, 6.07) is 0. The Hall–Kier alpha value is -1.98. The molecule has 164 valence electrons. The molecule has 0 amide bonds. The molecule has 1 fully saturated rings. The highest BCUT2D eigenvalue weighted by atomic mass is 16.5. The Morgan fingerprint density at radius 2 is 1.72 bits per heavy atom. The van der Waals surface area contributed by atoms with Crippen LogP contribution < -0.4 is 0 Å². The lowest BCUT2D eigenvalue weighted by molar-refractivity contribution is -0.147. The molecule has 0 heterocycles. The first kappa shape index (κ1) is 25.1. The molecule has 0 aliphatic heterocycles. The van der Waals surface area contributed by atoms with Crippen molar-refractivity contribution >= 4 is 23.5 Å². The number of carbonyl (C=O) groups is 4. The fraction of sp³-hybridized carbons (Fsp3) is 0.739. The van der Waals surface area contributed by atoms with Gasteiger partial charge in [0, 0.05) is 38.0 Å². The molecule has 6 nitrogen and oxygen atoms in total. The standard InChI is InChI=1S/C23H36O6/c1-4-5-8-11-18(25)14-15-20-19(21(26)16-22(20)29-17(2)24)12-9-6-7-10-13-23(27)28-3/h14-15,19-20,22H,4-13,16H2,1-3H3/b15-14+. The van der Waals surface area contributed by atoms with E-state index in [0.717, 1.165) is 44.9 Å². The van der Waals surface area contributed by atoms with Gasteiger partial charge in [0.05, 0.1) is 7.11 Å². The summed E-state index contributed by atoms with van der Waals surface area (Å²) >= 11 is 0. The lowest BCUT2D eigenvalue weighted by Gasteiger charge is -2.20. The maximum Gasteiger partial charge on any atom is 0.305 e. The third-order valence-electron chi connectivity index (χ3n) is 5.43. The van der Waals surface area contributed by atoms with Gasteiger partial charge in [0.1, 0.15) is 11.9 Å². The molecular formula is C23H36O6. The molecule has 1 saturated carbocycles. The molecule has 0 saturated heterocycles. The zero-order chi connectivity index (χ0) is 21.6. The average molecular weight is 409 g/mol. The van der Waals surface area contributed by atoms with Crippen molar-refractivity contribution in [3.05, 3.63) is 12.2 Å². The number of ketones is 2. The van der Waals surface area contributed by atoms with Crippen molar-refractivity contribution in [2.24, 2.45) is 11.8 Å². The van der Waals surface area contributed by atoms with E-state index in [9.17, 15) is 19.2 Å². The van der Waals surface area contributed by atoms with Crippen molar-refractivity contribution in [1.82, 2.24) is 0 Å². The van der Waals surface area contributed by atoms with Crippen LogP contribution >= 0.6 is 0 Å². The van der Waals surface area contributed by atoms with Crippen molar-refractivity contribution < 1.29 is 28.7 Å². The monoisotopic (exact) mass is 408 g/mol. The average Bonchev–Trinajstić information content (AvgIpc) is 2.96. The fourth-order valence-electron chi connectivity index (χ4n) is 3.84.